The molecule has 5 aromatic rings. The summed E-state index contributed by atoms with van der Waals surface area (Å²) in [5.41, 5.74) is 4.60. The van der Waals surface area contributed by atoms with Gasteiger partial charge >= 0.3 is 0 Å². The molecule has 0 bridgehead atoms. The lowest BCUT2D eigenvalue weighted by Crippen LogP contribution is -2.32. The van der Waals surface area contributed by atoms with Crippen LogP contribution in [0.15, 0.2) is 102 Å². The Morgan fingerprint density at radius 3 is 2.36 bits per heavy atom. The van der Waals surface area contributed by atoms with Crippen molar-refractivity contribution < 1.29 is 19.1 Å². The van der Waals surface area contributed by atoms with E-state index in [9.17, 15) is 14.4 Å². The first kappa shape index (κ1) is 31.7. The average molecular weight is 668 g/mol. The van der Waals surface area contributed by atoms with Gasteiger partial charge in [-0.3, -0.25) is 19.0 Å². The number of aromatic nitrogens is 1. The number of fused-ring (bicyclic) bond motifs is 1. The van der Waals surface area contributed by atoms with Crippen molar-refractivity contribution in [3.05, 3.63) is 129 Å². The summed E-state index contributed by atoms with van der Waals surface area (Å²) in [5, 5.41) is 6.66. The van der Waals surface area contributed by atoms with E-state index in [1.54, 1.807) is 41.0 Å². The summed E-state index contributed by atoms with van der Waals surface area (Å²) in [4.78, 5) is 42.0. The van der Waals surface area contributed by atoms with Crippen molar-refractivity contribution in [2.75, 3.05) is 32.5 Å². The predicted molar refractivity (Wildman–Crippen MR) is 181 cm³/mol. The van der Waals surface area contributed by atoms with Crippen LogP contribution >= 0.6 is 15.9 Å². The maximum absolute atomic E-state index is 13.7. The Morgan fingerprint density at radius 2 is 1.62 bits per heavy atom. The van der Waals surface area contributed by atoms with E-state index in [1.807, 2.05) is 86.6 Å². The third kappa shape index (κ3) is 7.87. The zero-order chi connectivity index (χ0) is 31.9. The highest BCUT2D eigenvalue weighted by molar-refractivity contribution is 9.10. The topological polar surface area (TPSA) is 92.7 Å². The largest absolute Gasteiger partial charge is 0.489 e. The Kier molecular flexibility index (Phi) is 10.1. The summed E-state index contributed by atoms with van der Waals surface area (Å²) >= 11 is 3.42. The van der Waals surface area contributed by atoms with Gasteiger partial charge in [-0.15, -0.1) is 0 Å². The van der Waals surface area contributed by atoms with Gasteiger partial charge in [0.05, 0.1) is 11.9 Å². The molecule has 1 aromatic heterocycles. The van der Waals surface area contributed by atoms with Crippen LogP contribution in [-0.2, 0) is 17.8 Å². The molecule has 0 spiro atoms. The van der Waals surface area contributed by atoms with Crippen molar-refractivity contribution in [2.45, 2.75) is 20.0 Å². The van der Waals surface area contributed by atoms with E-state index in [-0.39, 0.29) is 24.1 Å². The van der Waals surface area contributed by atoms with Gasteiger partial charge in [0.1, 0.15) is 12.4 Å². The summed E-state index contributed by atoms with van der Waals surface area (Å²) < 4.78 is 8.42. The Hall–Kier alpha value is -4.73. The number of nitrogens with zero attached hydrogens (tertiary/aromatic N) is 2. The number of anilines is 1. The number of amides is 2. The van der Waals surface area contributed by atoms with Crippen molar-refractivity contribution in [1.29, 1.82) is 0 Å². The van der Waals surface area contributed by atoms with Gasteiger partial charge in [0.15, 0.2) is 0 Å². The number of carbonyl (C=O) groups is 3. The van der Waals surface area contributed by atoms with E-state index in [2.05, 4.69) is 26.6 Å². The number of benzene rings is 4. The lowest BCUT2D eigenvalue weighted by molar-refractivity contribution is -0.120. The van der Waals surface area contributed by atoms with Crippen LogP contribution in [0.3, 0.4) is 0 Å². The molecule has 0 radical (unpaired) electrons. The first-order chi connectivity index (χ1) is 21.7. The fourth-order valence-electron chi connectivity index (χ4n) is 5.08. The second-order valence-corrected chi connectivity index (χ2v) is 11.9. The van der Waals surface area contributed by atoms with Gasteiger partial charge < -0.3 is 20.3 Å². The summed E-state index contributed by atoms with van der Waals surface area (Å²) in [6, 6.07) is 29.4. The Labute approximate surface area is 271 Å². The smallest absolute Gasteiger partial charge is 0.262 e. The third-order valence-electron chi connectivity index (χ3n) is 7.45. The Balaban J connectivity index is 1.42. The zero-order valence-corrected chi connectivity index (χ0v) is 27.1. The molecule has 0 saturated carbocycles. The maximum atomic E-state index is 13.7. The van der Waals surface area contributed by atoms with Crippen LogP contribution in [0.2, 0.25) is 0 Å². The number of hydrogen-bond acceptors (Lipinski definition) is 5. The molecular formula is C36H35BrN4O4. The molecule has 0 atom stereocenters. The van der Waals surface area contributed by atoms with Gasteiger partial charge in [-0.1, -0.05) is 52.3 Å². The van der Waals surface area contributed by atoms with Crippen LogP contribution in [0.4, 0.5) is 5.69 Å². The number of hydrogen-bond donors (Lipinski definition) is 2. The van der Waals surface area contributed by atoms with Gasteiger partial charge in [0.25, 0.3) is 11.8 Å². The highest BCUT2D eigenvalue weighted by Crippen LogP contribution is 2.31. The molecule has 1 heterocycles. The second-order valence-electron chi connectivity index (χ2n) is 11.0. The molecule has 8 nitrogen and oxygen atoms in total. The number of nitrogens with one attached hydrogen (secondary N) is 2. The van der Waals surface area contributed by atoms with Crippen molar-refractivity contribution in [3.8, 4) is 5.75 Å². The molecule has 230 valence electrons. The lowest BCUT2D eigenvalue weighted by Gasteiger charge is -2.11. The summed E-state index contributed by atoms with van der Waals surface area (Å²) in [6.07, 6.45) is 0.0918. The van der Waals surface area contributed by atoms with Crippen molar-refractivity contribution in [1.82, 2.24) is 14.8 Å². The van der Waals surface area contributed by atoms with Gasteiger partial charge in [-0.05, 0) is 92.8 Å². The molecule has 0 aliphatic carbocycles. The first-order valence-corrected chi connectivity index (χ1v) is 15.4. The number of likely N-dealkylation sites (N-methyl/N-ethyl adjacent to an activating group) is 1. The number of carbonyl (C=O) groups excluding carboxylic acids is 3. The van der Waals surface area contributed by atoms with Crippen LogP contribution in [0.25, 0.3) is 10.9 Å². The van der Waals surface area contributed by atoms with Crippen molar-refractivity contribution >= 4 is 50.2 Å². The summed E-state index contributed by atoms with van der Waals surface area (Å²) in [5.74, 6) is -0.0570. The number of halogens is 1. The number of ether oxygens (including phenoxy) is 1. The van der Waals surface area contributed by atoms with E-state index < -0.39 is 0 Å². The Bertz CT molecular complexity index is 1830. The van der Waals surface area contributed by atoms with Crippen LogP contribution < -0.4 is 15.4 Å². The zero-order valence-electron chi connectivity index (χ0n) is 25.5. The second kappa shape index (κ2) is 14.4. The molecular weight excluding hydrogens is 632 g/mol. The van der Waals surface area contributed by atoms with Gasteiger partial charge in [-0.25, -0.2) is 0 Å². The molecule has 5 rings (SSSR count). The van der Waals surface area contributed by atoms with E-state index in [4.69, 9.17) is 4.74 Å². The van der Waals surface area contributed by atoms with E-state index in [0.717, 1.165) is 21.0 Å². The minimum absolute atomic E-state index is 0.0918. The van der Waals surface area contributed by atoms with Gasteiger partial charge in [0.2, 0.25) is 5.91 Å². The van der Waals surface area contributed by atoms with Crippen LogP contribution in [0.5, 0.6) is 5.75 Å². The van der Waals surface area contributed by atoms with Crippen LogP contribution in [-0.4, -0.2) is 54.4 Å². The minimum Gasteiger partial charge on any atom is -0.489 e. The highest BCUT2D eigenvalue weighted by Gasteiger charge is 2.22. The fraction of sp³-hybridized carbons (Fsp3) is 0.194. The maximum Gasteiger partial charge on any atom is 0.262 e. The molecule has 9 heteroatoms. The molecule has 0 unspecified atom stereocenters. The highest BCUT2D eigenvalue weighted by atomic mass is 79.9. The SMILES string of the molecule is Cc1c(CC(=O)NCCN(C)C)c2cc(NC(=O)c3cccc(OCc4ccccc4)c3)ccc2n1C(=O)c1ccc(Br)cc1. The van der Waals surface area contributed by atoms with Crippen molar-refractivity contribution in [3.63, 3.8) is 0 Å². The normalized spacial score (nSPS) is 11.0. The minimum atomic E-state index is -0.301. The third-order valence-corrected chi connectivity index (χ3v) is 7.98. The van der Waals surface area contributed by atoms with E-state index in [0.29, 0.717) is 53.5 Å². The molecule has 0 saturated heterocycles. The van der Waals surface area contributed by atoms with Crippen LogP contribution in [0.1, 0.15) is 37.5 Å². The quantitative estimate of drug-likeness (QED) is 0.169. The lowest BCUT2D eigenvalue weighted by atomic mass is 10.1. The van der Waals surface area contributed by atoms with E-state index >= 15 is 0 Å². The molecule has 0 fully saturated rings. The molecule has 2 amide bonds. The van der Waals surface area contributed by atoms with Crippen LogP contribution in [0, 0.1) is 6.92 Å². The van der Waals surface area contributed by atoms with Crippen molar-refractivity contribution in [2.24, 2.45) is 0 Å². The monoisotopic (exact) mass is 666 g/mol. The standard InChI is InChI=1S/C36H35BrN4O4/c1-24-31(22-34(42)38-18-19-40(2)3)32-21-29(16-17-33(32)41(24)36(44)26-12-14-28(37)15-13-26)39-35(43)27-10-7-11-30(20-27)45-23-25-8-5-4-6-9-25/h4-17,20-21H,18-19,22-23H2,1-3H3,(H,38,42)(H,39,43). The fourth-order valence-corrected chi connectivity index (χ4v) is 5.35. The average Bonchev–Trinajstić information content (AvgIpc) is 3.30. The number of rotatable bonds is 11. The molecule has 4 aromatic carbocycles. The molecule has 45 heavy (non-hydrogen) atoms. The Morgan fingerprint density at radius 1 is 0.867 bits per heavy atom. The van der Waals surface area contributed by atoms with E-state index in [1.165, 1.54) is 0 Å². The van der Waals surface area contributed by atoms with Gasteiger partial charge in [0, 0.05) is 45.5 Å². The summed E-state index contributed by atoms with van der Waals surface area (Å²) in [6.45, 7) is 3.46. The molecule has 0 aliphatic heterocycles. The predicted octanol–water partition coefficient (Wildman–Crippen LogP) is 6.45. The molecule has 2 N–H and O–H groups in total. The van der Waals surface area contributed by atoms with Gasteiger partial charge in [-0.2, -0.15) is 0 Å². The summed E-state index contributed by atoms with van der Waals surface area (Å²) in [7, 11) is 3.89. The first-order valence-electron chi connectivity index (χ1n) is 14.6. The molecule has 0 aliphatic rings.